The van der Waals surface area contributed by atoms with Gasteiger partial charge in [0, 0.05) is 44.1 Å². The summed E-state index contributed by atoms with van der Waals surface area (Å²) in [7, 11) is -0.678. The van der Waals surface area contributed by atoms with Gasteiger partial charge in [0.2, 0.25) is 10.0 Å². The van der Waals surface area contributed by atoms with Crippen molar-refractivity contribution < 1.29 is 17.5 Å². The zero-order valence-electron chi connectivity index (χ0n) is 14.6. The summed E-state index contributed by atoms with van der Waals surface area (Å²) in [6.45, 7) is 2.84. The molecule has 0 unspecified atom stereocenters. The van der Waals surface area contributed by atoms with Crippen molar-refractivity contribution in [3.63, 3.8) is 0 Å². The van der Waals surface area contributed by atoms with Crippen LogP contribution in [0, 0.1) is 5.82 Å². The van der Waals surface area contributed by atoms with Crippen LogP contribution < -0.4 is 19.3 Å². The Bertz CT molecular complexity index is 866. The number of sulfonamides is 1. The SMILES string of the molecule is CNS(=O)(=O)c1ccc(N2CCN(c3ccc(OC)c(F)c3)CC2)nc1. The number of hydrogen-bond donors (Lipinski definition) is 1. The second kappa shape index (κ2) is 7.46. The summed E-state index contributed by atoms with van der Waals surface area (Å²) in [6.07, 6.45) is 1.35. The molecular formula is C17H21FN4O3S. The van der Waals surface area contributed by atoms with Crippen LogP contribution in [0.2, 0.25) is 0 Å². The highest BCUT2D eigenvalue weighted by atomic mass is 32.2. The van der Waals surface area contributed by atoms with Gasteiger partial charge in [0.1, 0.15) is 10.7 Å². The minimum Gasteiger partial charge on any atom is -0.494 e. The van der Waals surface area contributed by atoms with Crippen LogP contribution in [-0.4, -0.2) is 53.7 Å². The van der Waals surface area contributed by atoms with Crippen molar-refractivity contribution in [2.45, 2.75) is 4.90 Å². The summed E-state index contributed by atoms with van der Waals surface area (Å²) in [5, 5.41) is 0. The lowest BCUT2D eigenvalue weighted by molar-refractivity contribution is 0.386. The second-order valence-corrected chi connectivity index (χ2v) is 7.74. The predicted octanol–water partition coefficient (Wildman–Crippen LogP) is 1.46. The highest BCUT2D eigenvalue weighted by Crippen LogP contribution is 2.25. The molecule has 0 saturated carbocycles. The molecule has 0 amide bonds. The minimum atomic E-state index is -3.49. The van der Waals surface area contributed by atoms with Crippen molar-refractivity contribution in [3.8, 4) is 5.75 Å². The molecule has 1 aliphatic heterocycles. The van der Waals surface area contributed by atoms with Crippen LogP contribution in [0.1, 0.15) is 0 Å². The van der Waals surface area contributed by atoms with Crippen LogP contribution in [0.25, 0.3) is 0 Å². The maximum atomic E-state index is 13.9. The molecule has 9 heteroatoms. The third-order valence-electron chi connectivity index (χ3n) is 4.40. The van der Waals surface area contributed by atoms with E-state index in [4.69, 9.17) is 4.74 Å². The topological polar surface area (TPSA) is 74.8 Å². The number of hydrogen-bond acceptors (Lipinski definition) is 6. The number of halogens is 1. The number of rotatable bonds is 5. The average Bonchev–Trinajstić information content (AvgIpc) is 2.68. The molecule has 1 aliphatic rings. The molecule has 1 aromatic heterocycles. The lowest BCUT2D eigenvalue weighted by Gasteiger charge is -2.36. The fourth-order valence-corrected chi connectivity index (χ4v) is 3.56. The maximum Gasteiger partial charge on any atom is 0.241 e. The first-order valence-electron chi connectivity index (χ1n) is 8.17. The molecule has 0 spiro atoms. The van der Waals surface area contributed by atoms with Gasteiger partial charge in [-0.15, -0.1) is 0 Å². The van der Waals surface area contributed by atoms with Crippen LogP contribution in [0.5, 0.6) is 5.75 Å². The molecule has 1 N–H and O–H groups in total. The van der Waals surface area contributed by atoms with E-state index in [1.807, 2.05) is 6.07 Å². The zero-order valence-corrected chi connectivity index (χ0v) is 15.5. The number of anilines is 2. The van der Waals surface area contributed by atoms with Crippen LogP contribution in [0.4, 0.5) is 15.9 Å². The van der Waals surface area contributed by atoms with E-state index in [-0.39, 0.29) is 16.5 Å². The minimum absolute atomic E-state index is 0.135. The van der Waals surface area contributed by atoms with Gasteiger partial charge in [0.05, 0.1) is 7.11 Å². The fraction of sp³-hybridized carbons (Fsp3) is 0.353. The number of benzene rings is 1. The molecule has 0 aliphatic carbocycles. The van der Waals surface area contributed by atoms with Crippen molar-refractivity contribution in [2.24, 2.45) is 0 Å². The summed E-state index contributed by atoms with van der Waals surface area (Å²) >= 11 is 0. The molecule has 0 radical (unpaired) electrons. The monoisotopic (exact) mass is 380 g/mol. The van der Waals surface area contributed by atoms with E-state index in [2.05, 4.69) is 19.5 Å². The molecule has 1 fully saturated rings. The molecule has 1 saturated heterocycles. The van der Waals surface area contributed by atoms with Crippen LogP contribution in [0.3, 0.4) is 0 Å². The predicted molar refractivity (Wildman–Crippen MR) is 97.9 cm³/mol. The molecule has 1 aromatic carbocycles. The molecule has 0 atom stereocenters. The van der Waals surface area contributed by atoms with Gasteiger partial charge >= 0.3 is 0 Å². The van der Waals surface area contributed by atoms with Gasteiger partial charge in [-0.2, -0.15) is 0 Å². The first-order chi connectivity index (χ1) is 12.4. The molecule has 26 heavy (non-hydrogen) atoms. The van der Waals surface area contributed by atoms with Gasteiger partial charge in [0.15, 0.2) is 11.6 Å². The van der Waals surface area contributed by atoms with Crippen molar-refractivity contribution in [2.75, 3.05) is 50.1 Å². The van der Waals surface area contributed by atoms with E-state index in [1.54, 1.807) is 18.2 Å². The standard InChI is InChI=1S/C17H21FN4O3S/c1-19-26(23,24)14-4-6-17(20-12-14)22-9-7-21(8-10-22)13-3-5-16(25-2)15(18)11-13/h3-6,11-12,19H,7-10H2,1-2H3. The summed E-state index contributed by atoms with van der Waals surface area (Å²) in [5.41, 5.74) is 0.811. The summed E-state index contributed by atoms with van der Waals surface area (Å²) < 4.78 is 44.6. The average molecular weight is 380 g/mol. The highest BCUT2D eigenvalue weighted by Gasteiger charge is 2.20. The Balaban J connectivity index is 1.66. The summed E-state index contributed by atoms with van der Waals surface area (Å²) in [5.74, 6) is 0.573. The molecule has 2 aromatic rings. The second-order valence-electron chi connectivity index (χ2n) is 5.85. The molecule has 2 heterocycles. The lowest BCUT2D eigenvalue weighted by Crippen LogP contribution is -2.46. The van der Waals surface area contributed by atoms with Gasteiger partial charge in [-0.3, -0.25) is 0 Å². The van der Waals surface area contributed by atoms with E-state index in [1.165, 1.54) is 26.4 Å². The van der Waals surface area contributed by atoms with E-state index in [0.29, 0.717) is 26.2 Å². The molecule has 3 rings (SSSR count). The Hall–Kier alpha value is -2.39. The molecular weight excluding hydrogens is 359 g/mol. The van der Waals surface area contributed by atoms with Crippen LogP contribution in [0.15, 0.2) is 41.4 Å². The van der Waals surface area contributed by atoms with Gasteiger partial charge in [0.25, 0.3) is 0 Å². The summed E-state index contributed by atoms with van der Waals surface area (Å²) in [6, 6.07) is 8.18. The Kier molecular flexibility index (Phi) is 5.28. The number of piperazine rings is 1. The fourth-order valence-electron chi connectivity index (χ4n) is 2.88. The number of nitrogens with one attached hydrogen (secondary N) is 1. The number of pyridine rings is 1. The Labute approximate surface area is 152 Å². The number of ether oxygens (including phenoxy) is 1. The van der Waals surface area contributed by atoms with E-state index >= 15 is 0 Å². The zero-order chi connectivity index (χ0) is 18.7. The van der Waals surface area contributed by atoms with Gasteiger partial charge in [-0.05, 0) is 31.3 Å². The van der Waals surface area contributed by atoms with E-state index in [9.17, 15) is 12.8 Å². The van der Waals surface area contributed by atoms with Crippen molar-refractivity contribution in [1.82, 2.24) is 9.71 Å². The third-order valence-corrected chi connectivity index (χ3v) is 5.80. The first-order valence-corrected chi connectivity index (χ1v) is 9.66. The number of methoxy groups -OCH3 is 1. The van der Waals surface area contributed by atoms with Crippen LogP contribution in [-0.2, 0) is 10.0 Å². The quantitative estimate of drug-likeness (QED) is 0.847. The Morgan fingerprint density at radius 2 is 1.81 bits per heavy atom. The van der Waals surface area contributed by atoms with E-state index in [0.717, 1.165) is 11.5 Å². The molecule has 140 valence electrons. The van der Waals surface area contributed by atoms with Crippen LogP contribution >= 0.6 is 0 Å². The van der Waals surface area contributed by atoms with Crippen molar-refractivity contribution >= 4 is 21.5 Å². The molecule has 7 nitrogen and oxygen atoms in total. The Morgan fingerprint density at radius 3 is 2.35 bits per heavy atom. The first kappa shape index (κ1) is 18.4. The van der Waals surface area contributed by atoms with E-state index < -0.39 is 10.0 Å². The smallest absolute Gasteiger partial charge is 0.241 e. The Morgan fingerprint density at radius 1 is 1.12 bits per heavy atom. The normalized spacial score (nSPS) is 15.2. The maximum absolute atomic E-state index is 13.9. The number of nitrogens with zero attached hydrogens (tertiary/aromatic N) is 3. The molecule has 0 bridgehead atoms. The number of aromatic nitrogens is 1. The van der Waals surface area contributed by atoms with Gasteiger partial charge in [-0.1, -0.05) is 0 Å². The third kappa shape index (κ3) is 3.73. The van der Waals surface area contributed by atoms with Crippen molar-refractivity contribution in [3.05, 3.63) is 42.3 Å². The summed E-state index contributed by atoms with van der Waals surface area (Å²) in [4.78, 5) is 8.57. The van der Waals surface area contributed by atoms with Gasteiger partial charge in [-0.25, -0.2) is 22.5 Å². The lowest BCUT2D eigenvalue weighted by atomic mass is 10.2. The largest absolute Gasteiger partial charge is 0.494 e. The van der Waals surface area contributed by atoms with Gasteiger partial charge < -0.3 is 14.5 Å². The van der Waals surface area contributed by atoms with Crippen molar-refractivity contribution in [1.29, 1.82) is 0 Å². The highest BCUT2D eigenvalue weighted by molar-refractivity contribution is 7.89.